The lowest BCUT2D eigenvalue weighted by molar-refractivity contribution is -0.122. The van der Waals surface area contributed by atoms with Gasteiger partial charge in [0.2, 0.25) is 0 Å². The highest BCUT2D eigenvalue weighted by Gasteiger charge is 2.37. The average molecular weight is 396 g/mol. The van der Waals surface area contributed by atoms with E-state index < -0.39 is 17.8 Å². The average Bonchev–Trinajstić information content (AvgIpc) is 2.71. The molecule has 0 aromatic heterocycles. The van der Waals surface area contributed by atoms with Crippen LogP contribution in [0.25, 0.3) is 6.08 Å². The molecule has 8 heteroatoms. The number of amides is 4. The van der Waals surface area contributed by atoms with Crippen LogP contribution in [0.5, 0.6) is 17.2 Å². The molecule has 150 valence electrons. The van der Waals surface area contributed by atoms with Crippen LogP contribution >= 0.6 is 0 Å². The molecule has 0 bridgehead atoms. The van der Waals surface area contributed by atoms with E-state index in [9.17, 15) is 14.4 Å². The van der Waals surface area contributed by atoms with Crippen LogP contribution < -0.4 is 24.4 Å². The van der Waals surface area contributed by atoms with E-state index in [-0.39, 0.29) is 5.57 Å². The Morgan fingerprint density at radius 2 is 1.55 bits per heavy atom. The molecule has 1 saturated heterocycles. The van der Waals surface area contributed by atoms with Crippen molar-refractivity contribution in [3.05, 3.63) is 53.1 Å². The second-order valence-corrected chi connectivity index (χ2v) is 6.19. The summed E-state index contributed by atoms with van der Waals surface area (Å²) in [5, 5.41) is 2.21. The monoisotopic (exact) mass is 396 g/mol. The third-order valence-electron chi connectivity index (χ3n) is 4.50. The van der Waals surface area contributed by atoms with Crippen molar-refractivity contribution in [2.75, 3.05) is 26.2 Å². The molecule has 0 atom stereocenters. The van der Waals surface area contributed by atoms with Crippen LogP contribution in [0.3, 0.4) is 0 Å². The molecule has 1 aliphatic heterocycles. The van der Waals surface area contributed by atoms with E-state index in [0.29, 0.717) is 34.1 Å². The van der Waals surface area contributed by atoms with Gasteiger partial charge in [0.25, 0.3) is 11.8 Å². The van der Waals surface area contributed by atoms with Gasteiger partial charge in [-0.25, -0.2) is 9.69 Å². The lowest BCUT2D eigenvalue weighted by atomic mass is 10.0. The van der Waals surface area contributed by atoms with Crippen molar-refractivity contribution in [2.24, 2.45) is 0 Å². The van der Waals surface area contributed by atoms with Crippen molar-refractivity contribution in [3.63, 3.8) is 0 Å². The number of aryl methyl sites for hydroxylation is 1. The molecule has 0 aliphatic carbocycles. The zero-order valence-electron chi connectivity index (χ0n) is 16.4. The highest BCUT2D eigenvalue weighted by molar-refractivity contribution is 6.39. The van der Waals surface area contributed by atoms with Crippen molar-refractivity contribution in [1.29, 1.82) is 0 Å². The van der Waals surface area contributed by atoms with Gasteiger partial charge in [-0.1, -0.05) is 18.2 Å². The van der Waals surface area contributed by atoms with Gasteiger partial charge in [-0.05, 0) is 24.6 Å². The number of imide groups is 2. The number of anilines is 1. The number of carbonyl (C=O) groups is 3. The van der Waals surface area contributed by atoms with E-state index in [4.69, 9.17) is 14.2 Å². The van der Waals surface area contributed by atoms with E-state index in [0.717, 1.165) is 4.90 Å². The number of ether oxygens (including phenoxy) is 3. The minimum Gasteiger partial charge on any atom is -0.496 e. The SMILES string of the molecule is COc1cc(OC)c(/C=C2\C(=O)NC(=O)N(c3ccccc3C)C2=O)c(OC)c1. The summed E-state index contributed by atoms with van der Waals surface area (Å²) < 4.78 is 15.9. The largest absolute Gasteiger partial charge is 0.496 e. The van der Waals surface area contributed by atoms with Gasteiger partial charge >= 0.3 is 6.03 Å². The Morgan fingerprint density at radius 3 is 2.10 bits per heavy atom. The molecule has 1 aliphatic rings. The molecular weight excluding hydrogens is 376 g/mol. The predicted octanol–water partition coefficient (Wildman–Crippen LogP) is 2.69. The van der Waals surface area contributed by atoms with Gasteiger partial charge < -0.3 is 14.2 Å². The number of methoxy groups -OCH3 is 3. The highest BCUT2D eigenvalue weighted by atomic mass is 16.5. The van der Waals surface area contributed by atoms with Crippen LogP contribution in [0, 0.1) is 6.92 Å². The third kappa shape index (κ3) is 3.64. The Balaban J connectivity index is 2.14. The van der Waals surface area contributed by atoms with E-state index in [2.05, 4.69) is 5.32 Å². The molecule has 1 fully saturated rings. The quantitative estimate of drug-likeness (QED) is 0.617. The molecule has 2 aromatic carbocycles. The number of benzene rings is 2. The number of hydrogen-bond acceptors (Lipinski definition) is 6. The summed E-state index contributed by atoms with van der Waals surface area (Å²) in [6.07, 6.45) is 1.34. The van der Waals surface area contributed by atoms with Crippen molar-refractivity contribution in [2.45, 2.75) is 6.92 Å². The second-order valence-electron chi connectivity index (χ2n) is 6.19. The van der Waals surface area contributed by atoms with E-state index in [1.165, 1.54) is 27.4 Å². The fourth-order valence-corrected chi connectivity index (χ4v) is 3.01. The molecular formula is C21H20N2O6. The lowest BCUT2D eigenvalue weighted by Crippen LogP contribution is -2.54. The first-order chi connectivity index (χ1) is 13.9. The Hall–Kier alpha value is -3.81. The van der Waals surface area contributed by atoms with Gasteiger partial charge in [0.1, 0.15) is 22.8 Å². The van der Waals surface area contributed by atoms with Gasteiger partial charge in [0.15, 0.2) is 0 Å². The zero-order chi connectivity index (χ0) is 21.1. The maximum atomic E-state index is 13.1. The first kappa shape index (κ1) is 19.9. The van der Waals surface area contributed by atoms with Crippen molar-refractivity contribution < 1.29 is 28.6 Å². The zero-order valence-corrected chi connectivity index (χ0v) is 16.4. The summed E-state index contributed by atoms with van der Waals surface area (Å²) in [5.41, 5.74) is 1.24. The molecule has 1 N–H and O–H groups in total. The van der Waals surface area contributed by atoms with Crippen LogP contribution in [0.15, 0.2) is 42.0 Å². The first-order valence-electron chi connectivity index (χ1n) is 8.68. The van der Waals surface area contributed by atoms with Gasteiger partial charge in [-0.3, -0.25) is 14.9 Å². The molecule has 3 rings (SSSR count). The summed E-state index contributed by atoms with van der Waals surface area (Å²) in [4.78, 5) is 38.9. The van der Waals surface area contributed by atoms with Gasteiger partial charge in [0, 0.05) is 12.1 Å². The van der Waals surface area contributed by atoms with Crippen molar-refractivity contribution >= 4 is 29.6 Å². The van der Waals surface area contributed by atoms with Crippen LogP contribution in [-0.2, 0) is 9.59 Å². The van der Waals surface area contributed by atoms with E-state index in [1.807, 2.05) is 0 Å². The topological polar surface area (TPSA) is 94.2 Å². The smallest absolute Gasteiger partial charge is 0.335 e. The molecule has 0 radical (unpaired) electrons. The molecule has 0 spiro atoms. The maximum absolute atomic E-state index is 13.1. The van der Waals surface area contributed by atoms with Gasteiger partial charge in [0.05, 0.1) is 32.6 Å². The minimum atomic E-state index is -0.805. The molecule has 2 aromatic rings. The normalized spacial score (nSPS) is 15.4. The Bertz CT molecular complexity index is 1000. The summed E-state index contributed by atoms with van der Waals surface area (Å²) in [5.74, 6) is -0.378. The van der Waals surface area contributed by atoms with Crippen molar-refractivity contribution in [3.8, 4) is 17.2 Å². The van der Waals surface area contributed by atoms with Crippen LogP contribution in [-0.4, -0.2) is 39.2 Å². The highest BCUT2D eigenvalue weighted by Crippen LogP contribution is 2.36. The maximum Gasteiger partial charge on any atom is 0.335 e. The number of carbonyl (C=O) groups excluding carboxylic acids is 3. The predicted molar refractivity (Wildman–Crippen MR) is 106 cm³/mol. The molecule has 0 unspecified atom stereocenters. The first-order valence-corrected chi connectivity index (χ1v) is 8.68. The number of nitrogens with zero attached hydrogens (tertiary/aromatic N) is 1. The Kier molecular flexibility index (Phi) is 5.54. The number of nitrogens with one attached hydrogen (secondary N) is 1. The van der Waals surface area contributed by atoms with E-state index >= 15 is 0 Å². The summed E-state index contributed by atoms with van der Waals surface area (Å²) in [7, 11) is 4.39. The van der Waals surface area contributed by atoms with Gasteiger partial charge in [-0.2, -0.15) is 0 Å². The van der Waals surface area contributed by atoms with Crippen LogP contribution in [0.1, 0.15) is 11.1 Å². The number of rotatable bonds is 5. The standard InChI is InChI=1S/C21H20N2O6/c1-12-7-5-6-8-16(12)23-20(25)15(19(24)22-21(23)26)11-14-17(28-3)9-13(27-2)10-18(14)29-4/h5-11H,1-4H3,(H,22,24,26)/b15-11+. The minimum absolute atomic E-state index is 0.227. The molecule has 4 amide bonds. The third-order valence-corrected chi connectivity index (χ3v) is 4.50. The summed E-state index contributed by atoms with van der Waals surface area (Å²) >= 11 is 0. The fourth-order valence-electron chi connectivity index (χ4n) is 3.01. The number of hydrogen-bond donors (Lipinski definition) is 1. The van der Waals surface area contributed by atoms with E-state index in [1.54, 1.807) is 43.3 Å². The summed E-state index contributed by atoms with van der Waals surface area (Å²) in [6, 6.07) is 9.30. The Labute approximate surface area is 167 Å². The number of barbiturate groups is 1. The van der Waals surface area contributed by atoms with Crippen molar-refractivity contribution in [1.82, 2.24) is 5.32 Å². The number of para-hydroxylation sites is 1. The molecule has 29 heavy (non-hydrogen) atoms. The fraction of sp³-hybridized carbons (Fsp3) is 0.190. The lowest BCUT2D eigenvalue weighted by Gasteiger charge is -2.27. The molecule has 0 saturated carbocycles. The molecule has 8 nitrogen and oxygen atoms in total. The second kappa shape index (κ2) is 8.05. The Morgan fingerprint density at radius 1 is 0.931 bits per heavy atom. The van der Waals surface area contributed by atoms with Gasteiger partial charge in [-0.15, -0.1) is 0 Å². The van der Waals surface area contributed by atoms with Crippen LogP contribution in [0.4, 0.5) is 10.5 Å². The molecule has 1 heterocycles. The summed E-state index contributed by atoms with van der Waals surface area (Å²) in [6.45, 7) is 1.77. The van der Waals surface area contributed by atoms with Crippen LogP contribution in [0.2, 0.25) is 0 Å². The number of urea groups is 1.